The van der Waals surface area contributed by atoms with Gasteiger partial charge in [0.1, 0.15) is 0 Å². The molecule has 0 atom stereocenters. The summed E-state index contributed by atoms with van der Waals surface area (Å²) in [4.78, 5) is 23.5. The number of carboxylic acids is 1. The Kier molecular flexibility index (Phi) is 2.49. The number of aromatic nitrogens is 1. The topological polar surface area (TPSA) is 90.4 Å². The van der Waals surface area contributed by atoms with Crippen LogP contribution in [0.3, 0.4) is 0 Å². The number of aromatic hydroxyl groups is 1. The van der Waals surface area contributed by atoms with Gasteiger partial charge in [0.15, 0.2) is 5.75 Å². The number of aliphatic carboxylic acids is 1. The maximum Gasteiger partial charge on any atom is 0.328 e. The predicted octanol–water partition coefficient (Wildman–Crippen LogP) is 0.178. The van der Waals surface area contributed by atoms with Crippen LogP contribution in [-0.2, 0) is 4.79 Å². The lowest BCUT2D eigenvalue weighted by Crippen LogP contribution is -2.00. The molecule has 5 nitrogen and oxygen atoms in total. The zero-order valence-corrected chi connectivity index (χ0v) is 6.52. The minimum Gasteiger partial charge on any atom is -0.503 e. The standard InChI is InChI=1S/C8H7NO4/c10-6-3-5(1-2-8(12)13)9-4-7(6)11/h1-4,11H,(H,9,10)(H,12,13)/b2-1+. The van der Waals surface area contributed by atoms with Crippen LogP contribution < -0.4 is 5.43 Å². The Labute approximate surface area is 73.0 Å². The third-order valence-electron chi connectivity index (χ3n) is 1.32. The van der Waals surface area contributed by atoms with Gasteiger partial charge in [-0.2, -0.15) is 0 Å². The number of H-pyrrole nitrogens is 1. The van der Waals surface area contributed by atoms with Gasteiger partial charge in [-0.15, -0.1) is 0 Å². The molecule has 13 heavy (non-hydrogen) atoms. The molecule has 68 valence electrons. The summed E-state index contributed by atoms with van der Waals surface area (Å²) in [6, 6.07) is 1.11. The van der Waals surface area contributed by atoms with Crippen molar-refractivity contribution in [2.45, 2.75) is 0 Å². The lowest BCUT2D eigenvalue weighted by molar-refractivity contribution is -0.131. The largest absolute Gasteiger partial charge is 0.503 e. The molecule has 0 aromatic carbocycles. The molecule has 3 N–H and O–H groups in total. The van der Waals surface area contributed by atoms with Crippen LogP contribution in [0.4, 0.5) is 0 Å². The number of hydrogen-bond donors (Lipinski definition) is 3. The van der Waals surface area contributed by atoms with E-state index in [1.54, 1.807) is 0 Å². The molecule has 0 saturated heterocycles. The van der Waals surface area contributed by atoms with Crippen LogP contribution in [-0.4, -0.2) is 21.2 Å². The fourth-order valence-corrected chi connectivity index (χ4v) is 0.737. The zero-order chi connectivity index (χ0) is 9.84. The summed E-state index contributed by atoms with van der Waals surface area (Å²) in [6.45, 7) is 0. The van der Waals surface area contributed by atoms with Crippen molar-refractivity contribution in [2.24, 2.45) is 0 Å². The summed E-state index contributed by atoms with van der Waals surface area (Å²) >= 11 is 0. The summed E-state index contributed by atoms with van der Waals surface area (Å²) < 4.78 is 0. The van der Waals surface area contributed by atoms with E-state index in [1.807, 2.05) is 0 Å². The molecule has 0 saturated carbocycles. The molecule has 0 amide bonds. The van der Waals surface area contributed by atoms with Gasteiger partial charge in [0.2, 0.25) is 5.43 Å². The Bertz CT molecular complexity index is 405. The van der Waals surface area contributed by atoms with Crippen LogP contribution in [0.15, 0.2) is 23.1 Å². The highest BCUT2D eigenvalue weighted by Gasteiger charge is 1.95. The van der Waals surface area contributed by atoms with Crippen LogP contribution in [0.5, 0.6) is 5.75 Å². The van der Waals surface area contributed by atoms with Crippen molar-refractivity contribution in [1.29, 1.82) is 0 Å². The average molecular weight is 181 g/mol. The van der Waals surface area contributed by atoms with Gasteiger partial charge in [-0.05, 0) is 6.08 Å². The highest BCUT2D eigenvalue weighted by Crippen LogP contribution is 1.99. The van der Waals surface area contributed by atoms with E-state index in [0.717, 1.165) is 18.3 Å². The van der Waals surface area contributed by atoms with E-state index >= 15 is 0 Å². The lowest BCUT2D eigenvalue weighted by Gasteiger charge is -1.92. The van der Waals surface area contributed by atoms with Crippen LogP contribution >= 0.6 is 0 Å². The van der Waals surface area contributed by atoms with E-state index in [2.05, 4.69) is 4.98 Å². The number of carbonyl (C=O) groups is 1. The van der Waals surface area contributed by atoms with Gasteiger partial charge in [0.25, 0.3) is 0 Å². The molecule has 0 bridgehead atoms. The van der Waals surface area contributed by atoms with Crippen LogP contribution in [0.1, 0.15) is 5.69 Å². The van der Waals surface area contributed by atoms with Crippen LogP contribution in [0.25, 0.3) is 6.08 Å². The summed E-state index contributed by atoms with van der Waals surface area (Å²) in [6.07, 6.45) is 3.22. The molecule has 1 aromatic heterocycles. The Hall–Kier alpha value is -2.04. The molecule has 1 rings (SSSR count). The predicted molar refractivity (Wildman–Crippen MR) is 45.4 cm³/mol. The van der Waals surface area contributed by atoms with Crippen molar-refractivity contribution in [3.8, 4) is 5.75 Å². The van der Waals surface area contributed by atoms with Gasteiger partial charge in [0.05, 0.1) is 0 Å². The molecular formula is C8H7NO4. The highest BCUT2D eigenvalue weighted by molar-refractivity contribution is 5.84. The molecule has 0 unspecified atom stereocenters. The molecular weight excluding hydrogens is 174 g/mol. The molecule has 0 fully saturated rings. The van der Waals surface area contributed by atoms with E-state index < -0.39 is 17.1 Å². The Morgan fingerprint density at radius 2 is 2.23 bits per heavy atom. The zero-order valence-electron chi connectivity index (χ0n) is 6.52. The maximum atomic E-state index is 10.8. The summed E-state index contributed by atoms with van der Waals surface area (Å²) in [5.41, 5.74) is -0.228. The van der Waals surface area contributed by atoms with E-state index in [0.29, 0.717) is 5.69 Å². The van der Waals surface area contributed by atoms with E-state index in [1.165, 1.54) is 6.08 Å². The number of rotatable bonds is 2. The first kappa shape index (κ1) is 9.05. The van der Waals surface area contributed by atoms with Gasteiger partial charge >= 0.3 is 5.97 Å². The molecule has 0 radical (unpaired) electrons. The van der Waals surface area contributed by atoms with Crippen molar-refractivity contribution < 1.29 is 15.0 Å². The molecule has 0 aliphatic rings. The summed E-state index contributed by atoms with van der Waals surface area (Å²) in [7, 11) is 0. The van der Waals surface area contributed by atoms with E-state index in [4.69, 9.17) is 10.2 Å². The number of nitrogens with one attached hydrogen (secondary N) is 1. The molecule has 1 aromatic rings. The fraction of sp³-hybridized carbons (Fsp3) is 0. The second kappa shape index (κ2) is 3.57. The first-order valence-corrected chi connectivity index (χ1v) is 3.42. The Morgan fingerprint density at radius 1 is 1.54 bits per heavy atom. The molecule has 0 spiro atoms. The van der Waals surface area contributed by atoms with Gasteiger partial charge < -0.3 is 15.2 Å². The minimum atomic E-state index is -1.10. The van der Waals surface area contributed by atoms with Crippen molar-refractivity contribution in [2.75, 3.05) is 0 Å². The molecule has 0 aliphatic heterocycles. The van der Waals surface area contributed by atoms with Crippen molar-refractivity contribution in [3.05, 3.63) is 34.3 Å². The number of carboxylic acid groups (broad SMARTS) is 1. The molecule has 5 heteroatoms. The maximum absolute atomic E-state index is 10.8. The number of hydrogen-bond acceptors (Lipinski definition) is 3. The van der Waals surface area contributed by atoms with Crippen LogP contribution in [0, 0.1) is 0 Å². The van der Waals surface area contributed by atoms with Gasteiger partial charge in [-0.3, -0.25) is 4.79 Å². The minimum absolute atomic E-state index is 0.324. The Morgan fingerprint density at radius 3 is 2.77 bits per heavy atom. The smallest absolute Gasteiger partial charge is 0.328 e. The third-order valence-corrected chi connectivity index (χ3v) is 1.32. The number of aromatic amines is 1. The van der Waals surface area contributed by atoms with Crippen molar-refractivity contribution in [1.82, 2.24) is 4.98 Å². The van der Waals surface area contributed by atoms with Gasteiger partial charge in [0, 0.05) is 24.0 Å². The Balaban J connectivity index is 2.98. The van der Waals surface area contributed by atoms with Crippen LogP contribution in [0.2, 0.25) is 0 Å². The third kappa shape index (κ3) is 2.48. The summed E-state index contributed by atoms with van der Waals surface area (Å²) in [5.74, 6) is -1.50. The highest BCUT2D eigenvalue weighted by atomic mass is 16.4. The van der Waals surface area contributed by atoms with E-state index in [-0.39, 0.29) is 0 Å². The molecule has 1 heterocycles. The quantitative estimate of drug-likeness (QED) is 0.567. The molecule has 0 aliphatic carbocycles. The first-order valence-electron chi connectivity index (χ1n) is 3.42. The second-order valence-corrected chi connectivity index (χ2v) is 2.31. The van der Waals surface area contributed by atoms with Crippen molar-refractivity contribution in [3.63, 3.8) is 0 Å². The normalized spacial score (nSPS) is 10.5. The van der Waals surface area contributed by atoms with Gasteiger partial charge in [-0.1, -0.05) is 0 Å². The van der Waals surface area contributed by atoms with Gasteiger partial charge in [-0.25, -0.2) is 4.79 Å². The average Bonchev–Trinajstić information content (AvgIpc) is 2.07. The second-order valence-electron chi connectivity index (χ2n) is 2.31. The van der Waals surface area contributed by atoms with E-state index in [9.17, 15) is 9.59 Å². The fourth-order valence-electron chi connectivity index (χ4n) is 0.737. The summed E-state index contributed by atoms with van der Waals surface area (Å²) in [5, 5.41) is 17.1. The first-order chi connectivity index (χ1) is 6.09. The lowest BCUT2D eigenvalue weighted by atomic mass is 10.3. The number of pyridine rings is 1. The monoisotopic (exact) mass is 181 g/mol. The SMILES string of the molecule is O=C(O)/C=C/c1cc(=O)c(O)c[nH]1. The van der Waals surface area contributed by atoms with Crippen molar-refractivity contribution >= 4 is 12.0 Å².